The molecule has 25 heavy (non-hydrogen) atoms. The molecule has 0 amide bonds. The molecule has 0 aromatic heterocycles. The number of allylic oxidation sites excluding steroid dienone is 4. The first-order valence-corrected chi connectivity index (χ1v) is 12.9. The van der Waals surface area contributed by atoms with E-state index in [9.17, 15) is 9.59 Å². The summed E-state index contributed by atoms with van der Waals surface area (Å²) in [7, 11) is -1.54. The van der Waals surface area contributed by atoms with Gasteiger partial charge in [-0.05, 0) is 39.0 Å². The molecule has 0 N–H and O–H groups in total. The lowest BCUT2D eigenvalue weighted by molar-refractivity contribution is -0.175. The topological polar surface area (TPSA) is 52.6 Å². The smallest absolute Gasteiger partial charge is 0.324 e. The van der Waals surface area contributed by atoms with E-state index in [0.717, 1.165) is 12.8 Å². The summed E-state index contributed by atoms with van der Waals surface area (Å²) in [4.78, 5) is 25.8. The quantitative estimate of drug-likeness (QED) is 0.316. The van der Waals surface area contributed by atoms with Gasteiger partial charge in [0.1, 0.15) is 0 Å². The number of carbonyl (C=O) groups excluding carboxylic acids is 2. The summed E-state index contributed by atoms with van der Waals surface area (Å²) < 4.78 is 10.7. The van der Waals surface area contributed by atoms with E-state index >= 15 is 0 Å². The van der Waals surface area contributed by atoms with Crippen molar-refractivity contribution >= 4 is 20.0 Å². The summed E-state index contributed by atoms with van der Waals surface area (Å²) in [5.74, 6) is -0.881. The maximum atomic E-state index is 12.9. The Bertz CT molecular complexity index is 579. The molecule has 0 unspecified atom stereocenters. The average Bonchev–Trinajstić information content (AvgIpc) is 2.69. The number of hydrogen-bond donors (Lipinski definition) is 0. The molecule has 1 fully saturated rings. The SMILES string of the molecule is CCOC(=O)C1(C(=O)OCC)CC2=C([Si](C)(C)C)CCC=C[C@@H]2[C@H]1C. The van der Waals surface area contributed by atoms with Gasteiger partial charge in [-0.3, -0.25) is 9.59 Å². The largest absolute Gasteiger partial charge is 0.465 e. The highest BCUT2D eigenvalue weighted by Gasteiger charge is 2.61. The molecular weight excluding hydrogens is 332 g/mol. The van der Waals surface area contributed by atoms with E-state index in [2.05, 4.69) is 31.8 Å². The summed E-state index contributed by atoms with van der Waals surface area (Å²) in [6, 6.07) is 0. The summed E-state index contributed by atoms with van der Waals surface area (Å²) in [6.07, 6.45) is 6.93. The standard InChI is InChI=1S/C20H32O4Si/c1-7-23-18(21)20(19(22)24-8-2)13-16-15(14(20)3)11-9-10-12-17(16)25(4,5)6/h9,11,14-15H,7-8,10,12-13H2,1-6H3/t14-,15-/m1/s1. The molecule has 0 bridgehead atoms. The molecule has 1 saturated carbocycles. The van der Waals surface area contributed by atoms with Crippen LogP contribution in [0.1, 0.15) is 40.0 Å². The average molecular weight is 365 g/mol. The summed E-state index contributed by atoms with van der Waals surface area (Å²) in [6.45, 7) is 13.1. The van der Waals surface area contributed by atoms with Gasteiger partial charge in [0.2, 0.25) is 0 Å². The van der Waals surface area contributed by atoms with Crippen molar-refractivity contribution in [3.8, 4) is 0 Å². The fraction of sp³-hybridized carbons (Fsp3) is 0.700. The van der Waals surface area contributed by atoms with Crippen LogP contribution in [0.25, 0.3) is 0 Å². The van der Waals surface area contributed by atoms with Crippen LogP contribution in [0.15, 0.2) is 22.9 Å². The lowest BCUT2D eigenvalue weighted by atomic mass is 9.76. The monoisotopic (exact) mass is 364 g/mol. The van der Waals surface area contributed by atoms with Gasteiger partial charge in [-0.15, -0.1) is 0 Å². The lowest BCUT2D eigenvalue weighted by Gasteiger charge is -2.29. The van der Waals surface area contributed by atoms with Crippen LogP contribution < -0.4 is 0 Å². The van der Waals surface area contributed by atoms with E-state index < -0.39 is 25.4 Å². The lowest BCUT2D eigenvalue weighted by Crippen LogP contribution is -2.45. The number of fused-ring (bicyclic) bond motifs is 1. The van der Waals surface area contributed by atoms with Crippen LogP contribution in [0, 0.1) is 17.3 Å². The van der Waals surface area contributed by atoms with Gasteiger partial charge >= 0.3 is 11.9 Å². The van der Waals surface area contributed by atoms with Crippen LogP contribution in [-0.2, 0) is 19.1 Å². The molecule has 0 heterocycles. The molecule has 0 aromatic carbocycles. The Kier molecular flexibility index (Phi) is 5.97. The van der Waals surface area contributed by atoms with Gasteiger partial charge in [0.15, 0.2) is 5.41 Å². The minimum atomic E-state index is -1.54. The number of esters is 2. The second kappa shape index (κ2) is 7.48. The predicted molar refractivity (Wildman–Crippen MR) is 102 cm³/mol. The molecule has 0 aromatic rings. The molecule has 0 saturated heterocycles. The van der Waals surface area contributed by atoms with E-state index in [1.165, 1.54) is 10.8 Å². The number of carbonyl (C=O) groups is 2. The van der Waals surface area contributed by atoms with Crippen molar-refractivity contribution in [2.24, 2.45) is 17.3 Å². The van der Waals surface area contributed by atoms with Crippen molar-refractivity contribution in [1.29, 1.82) is 0 Å². The zero-order chi connectivity index (χ0) is 18.8. The van der Waals surface area contributed by atoms with E-state index in [0.29, 0.717) is 6.42 Å². The molecule has 140 valence electrons. The highest BCUT2D eigenvalue weighted by molar-refractivity contribution is 6.83. The fourth-order valence-electron chi connectivity index (χ4n) is 4.39. The minimum Gasteiger partial charge on any atom is -0.465 e. The van der Waals surface area contributed by atoms with Crippen LogP contribution in [0.2, 0.25) is 19.6 Å². The zero-order valence-corrected chi connectivity index (χ0v) is 17.5. The Morgan fingerprint density at radius 3 is 2.20 bits per heavy atom. The first-order valence-electron chi connectivity index (χ1n) is 9.43. The number of ether oxygens (including phenoxy) is 2. The van der Waals surface area contributed by atoms with Gasteiger partial charge in [-0.2, -0.15) is 0 Å². The molecule has 5 heteroatoms. The minimum absolute atomic E-state index is 0.123. The predicted octanol–water partition coefficient (Wildman–Crippen LogP) is 4.28. The molecule has 0 aliphatic heterocycles. The van der Waals surface area contributed by atoms with E-state index in [4.69, 9.17) is 9.47 Å². The third-order valence-corrected chi connectivity index (χ3v) is 8.05. The van der Waals surface area contributed by atoms with E-state index in [1.54, 1.807) is 13.8 Å². The second-order valence-electron chi connectivity index (χ2n) is 8.12. The summed E-state index contributed by atoms with van der Waals surface area (Å²) in [5, 5.41) is 1.50. The van der Waals surface area contributed by atoms with Crippen LogP contribution in [0.3, 0.4) is 0 Å². The van der Waals surface area contributed by atoms with E-state index in [-0.39, 0.29) is 25.0 Å². The van der Waals surface area contributed by atoms with Gasteiger partial charge in [0, 0.05) is 5.92 Å². The van der Waals surface area contributed by atoms with E-state index in [1.807, 2.05) is 6.92 Å². The van der Waals surface area contributed by atoms with Gasteiger partial charge in [0.25, 0.3) is 0 Å². The van der Waals surface area contributed by atoms with Crippen LogP contribution >= 0.6 is 0 Å². The van der Waals surface area contributed by atoms with Gasteiger partial charge in [0.05, 0.1) is 21.3 Å². The van der Waals surface area contributed by atoms with Crippen LogP contribution in [0.4, 0.5) is 0 Å². The van der Waals surface area contributed by atoms with Crippen LogP contribution in [-0.4, -0.2) is 33.2 Å². The summed E-state index contributed by atoms with van der Waals surface area (Å²) in [5.41, 5.74) is 0.0834. The molecule has 4 nitrogen and oxygen atoms in total. The number of hydrogen-bond acceptors (Lipinski definition) is 4. The molecule has 0 spiro atoms. The van der Waals surface area contributed by atoms with Crippen LogP contribution in [0.5, 0.6) is 0 Å². The first kappa shape index (κ1) is 20.0. The highest BCUT2D eigenvalue weighted by atomic mass is 28.3. The highest BCUT2D eigenvalue weighted by Crippen LogP contribution is 2.55. The Balaban J connectivity index is 2.60. The van der Waals surface area contributed by atoms with Crippen molar-refractivity contribution in [3.05, 3.63) is 22.9 Å². The molecular formula is C20H32O4Si. The van der Waals surface area contributed by atoms with Crippen molar-refractivity contribution in [2.45, 2.75) is 59.7 Å². The van der Waals surface area contributed by atoms with Crippen molar-refractivity contribution in [3.63, 3.8) is 0 Å². The van der Waals surface area contributed by atoms with Gasteiger partial charge in [-0.1, -0.05) is 49.5 Å². The first-order chi connectivity index (χ1) is 11.7. The molecule has 2 aliphatic rings. The normalized spacial score (nSPS) is 25.4. The fourth-order valence-corrected chi connectivity index (χ4v) is 6.50. The Morgan fingerprint density at radius 2 is 1.72 bits per heavy atom. The van der Waals surface area contributed by atoms with Crippen molar-refractivity contribution < 1.29 is 19.1 Å². The number of rotatable bonds is 5. The third-order valence-electron chi connectivity index (χ3n) is 5.66. The zero-order valence-electron chi connectivity index (χ0n) is 16.5. The second-order valence-corrected chi connectivity index (χ2v) is 13.2. The third kappa shape index (κ3) is 3.48. The Labute approximate surface area is 152 Å². The van der Waals surface area contributed by atoms with Crippen molar-refractivity contribution in [1.82, 2.24) is 0 Å². The molecule has 2 aliphatic carbocycles. The molecule has 0 radical (unpaired) electrons. The van der Waals surface area contributed by atoms with Crippen molar-refractivity contribution in [2.75, 3.05) is 13.2 Å². The molecule has 2 rings (SSSR count). The Hall–Kier alpha value is -1.36. The molecule has 2 atom stereocenters. The maximum Gasteiger partial charge on any atom is 0.324 e. The van der Waals surface area contributed by atoms with Gasteiger partial charge < -0.3 is 9.47 Å². The maximum absolute atomic E-state index is 12.9. The van der Waals surface area contributed by atoms with Gasteiger partial charge in [-0.25, -0.2) is 0 Å². The summed E-state index contributed by atoms with van der Waals surface area (Å²) >= 11 is 0. The Morgan fingerprint density at radius 1 is 1.16 bits per heavy atom.